The molecule has 0 amide bonds. The normalized spacial score (nSPS) is 32.1. The van der Waals surface area contributed by atoms with Crippen LogP contribution >= 0.6 is 23.2 Å². The lowest BCUT2D eigenvalue weighted by Crippen LogP contribution is -2.53. The van der Waals surface area contributed by atoms with Crippen LogP contribution in [0.1, 0.15) is 87.5 Å². The van der Waals surface area contributed by atoms with Crippen LogP contribution in [-0.2, 0) is 27.8 Å². The number of benzene rings is 2. The highest BCUT2D eigenvalue weighted by atomic mass is 35.5. The van der Waals surface area contributed by atoms with Crippen molar-refractivity contribution >= 4 is 40.8 Å². The van der Waals surface area contributed by atoms with E-state index in [1.807, 2.05) is 36.4 Å². The molecule has 0 aliphatic heterocycles. The Bertz CT molecular complexity index is 1290. The maximum Gasteiger partial charge on any atom is 0.155 e. The second-order valence-corrected chi connectivity index (χ2v) is 13.8. The van der Waals surface area contributed by atoms with Gasteiger partial charge in [0, 0.05) is 30.0 Å². The largest absolute Gasteiger partial charge is 0.299 e. The molecule has 3 saturated carbocycles. The number of rotatable bonds is 6. The van der Waals surface area contributed by atoms with E-state index < -0.39 is 0 Å². The van der Waals surface area contributed by atoms with Crippen molar-refractivity contribution in [3.8, 4) is 0 Å². The van der Waals surface area contributed by atoms with E-state index in [0.717, 1.165) is 61.6 Å². The molecule has 4 aliphatic rings. The number of Topliss-reactive ketones (excluding diaryl/α,β-unsaturated/α-hetero) is 1. The number of fused-ring (bicyclic) bond motifs is 5. The molecule has 0 bridgehead atoms. The van der Waals surface area contributed by atoms with E-state index in [-0.39, 0.29) is 10.8 Å². The summed E-state index contributed by atoms with van der Waals surface area (Å²) in [5.74, 6) is 4.19. The first-order valence-corrected chi connectivity index (χ1v) is 16.5. The molecule has 0 N–H and O–H groups in total. The van der Waals surface area contributed by atoms with Crippen molar-refractivity contribution < 1.29 is 9.59 Å². The van der Waals surface area contributed by atoms with Gasteiger partial charge in [-0.1, -0.05) is 80.6 Å². The summed E-state index contributed by atoms with van der Waals surface area (Å²) in [4.78, 5) is 25.4. The van der Waals surface area contributed by atoms with Gasteiger partial charge in [0.15, 0.2) is 5.78 Å². The van der Waals surface area contributed by atoms with Gasteiger partial charge in [-0.2, -0.15) is 0 Å². The van der Waals surface area contributed by atoms with Crippen LogP contribution in [-0.4, -0.2) is 11.6 Å². The SMILES string of the molecule is C=Cc1ccc(CCl)cc1.C[C@@]12C(=CC(=O)C[C@@H]1CCc1ccc(CCl)cc1)CC[C@@H]1[C@@H]2CC[C@]2(C)C(=O)CC[C@@H]12. The second kappa shape index (κ2) is 12.6. The fourth-order valence-electron chi connectivity index (χ4n) is 8.82. The molecular formula is C37H44Cl2O2. The van der Waals surface area contributed by atoms with E-state index in [4.69, 9.17) is 23.2 Å². The smallest absolute Gasteiger partial charge is 0.155 e. The minimum absolute atomic E-state index is 0.0805. The lowest BCUT2D eigenvalue weighted by molar-refractivity contribution is -0.134. The summed E-state index contributed by atoms with van der Waals surface area (Å²) in [5.41, 5.74) is 6.22. The summed E-state index contributed by atoms with van der Waals surface area (Å²) in [6, 6.07) is 16.7. The third-order valence-corrected chi connectivity index (χ3v) is 11.9. The molecule has 0 heterocycles. The quantitative estimate of drug-likeness (QED) is 0.314. The molecule has 4 heteroatoms. The van der Waals surface area contributed by atoms with Gasteiger partial charge < -0.3 is 0 Å². The standard InChI is InChI=1S/C28H35ClO2.C9H9Cl/c1-27-14-13-25-23(24(27)11-12-26(27)31)10-9-21-16-22(30)15-20(28(21,25)2)8-7-18-3-5-19(17-29)6-4-18;1-2-8-3-5-9(7-10)6-4-8/h3-6,16,20,23-25H,7-15,17H2,1-2H3;2-6H,1,7H2/t20-,23-,24-,25-,27-,28-;/m0./s1. The molecule has 41 heavy (non-hydrogen) atoms. The Morgan fingerprint density at radius 2 is 1.49 bits per heavy atom. The van der Waals surface area contributed by atoms with Gasteiger partial charge in [-0.25, -0.2) is 0 Å². The fraction of sp³-hybridized carbons (Fsp3) is 0.514. The zero-order chi connectivity index (χ0) is 29.2. The number of carbonyl (C=O) groups excluding carboxylic acids is 2. The second-order valence-electron chi connectivity index (χ2n) is 13.2. The highest BCUT2D eigenvalue weighted by Gasteiger charge is 2.60. The van der Waals surface area contributed by atoms with Gasteiger partial charge in [-0.05, 0) is 102 Å². The molecule has 0 spiro atoms. The van der Waals surface area contributed by atoms with Crippen molar-refractivity contribution in [2.45, 2.75) is 83.4 Å². The van der Waals surface area contributed by atoms with Crippen molar-refractivity contribution in [1.82, 2.24) is 0 Å². The number of hydrogen-bond acceptors (Lipinski definition) is 2. The summed E-state index contributed by atoms with van der Waals surface area (Å²) in [6.45, 7) is 8.38. The Morgan fingerprint density at radius 3 is 2.12 bits per heavy atom. The third-order valence-electron chi connectivity index (χ3n) is 11.3. The van der Waals surface area contributed by atoms with E-state index in [0.29, 0.717) is 53.4 Å². The first kappa shape index (κ1) is 30.3. The van der Waals surface area contributed by atoms with Crippen LogP contribution in [0.2, 0.25) is 0 Å². The zero-order valence-electron chi connectivity index (χ0n) is 24.6. The van der Waals surface area contributed by atoms with Crippen LogP contribution in [0.15, 0.2) is 66.8 Å². The molecule has 2 aromatic carbocycles. The Kier molecular flexibility index (Phi) is 9.31. The van der Waals surface area contributed by atoms with E-state index in [1.54, 1.807) is 0 Å². The molecule has 6 atom stereocenters. The van der Waals surface area contributed by atoms with Crippen molar-refractivity contribution in [1.29, 1.82) is 0 Å². The van der Waals surface area contributed by atoms with E-state index >= 15 is 0 Å². The molecule has 2 nitrogen and oxygen atoms in total. The maximum atomic E-state index is 12.7. The van der Waals surface area contributed by atoms with Gasteiger partial charge in [0.25, 0.3) is 0 Å². The third kappa shape index (κ3) is 5.89. The van der Waals surface area contributed by atoms with Gasteiger partial charge >= 0.3 is 0 Å². The highest BCUT2D eigenvalue weighted by Crippen LogP contribution is 2.66. The van der Waals surface area contributed by atoms with Gasteiger partial charge in [-0.3, -0.25) is 9.59 Å². The summed E-state index contributed by atoms with van der Waals surface area (Å²) >= 11 is 11.5. The summed E-state index contributed by atoms with van der Waals surface area (Å²) in [6.07, 6.45) is 12.9. The monoisotopic (exact) mass is 590 g/mol. The Morgan fingerprint density at radius 1 is 0.854 bits per heavy atom. The summed E-state index contributed by atoms with van der Waals surface area (Å²) in [5, 5.41) is 0. The van der Waals surface area contributed by atoms with Crippen LogP contribution < -0.4 is 0 Å². The Hall–Kier alpha value is -2.16. The molecule has 0 aromatic heterocycles. The van der Waals surface area contributed by atoms with Crippen LogP contribution in [0.25, 0.3) is 6.08 Å². The molecule has 0 radical (unpaired) electrons. The minimum Gasteiger partial charge on any atom is -0.299 e. The molecular weight excluding hydrogens is 547 g/mol. The van der Waals surface area contributed by atoms with Crippen molar-refractivity contribution in [2.75, 3.05) is 0 Å². The molecule has 6 rings (SSSR count). The molecule has 4 aliphatic carbocycles. The molecule has 0 unspecified atom stereocenters. The van der Waals surface area contributed by atoms with Crippen molar-refractivity contribution in [3.05, 3.63) is 89.0 Å². The van der Waals surface area contributed by atoms with Crippen LogP contribution in [0, 0.1) is 34.5 Å². The zero-order valence-corrected chi connectivity index (χ0v) is 26.2. The van der Waals surface area contributed by atoms with Crippen molar-refractivity contribution in [3.63, 3.8) is 0 Å². The minimum atomic E-state index is -0.0805. The van der Waals surface area contributed by atoms with Crippen LogP contribution in [0.3, 0.4) is 0 Å². The van der Waals surface area contributed by atoms with Crippen LogP contribution in [0.5, 0.6) is 0 Å². The van der Waals surface area contributed by atoms with Gasteiger partial charge in [-0.15, -0.1) is 23.2 Å². The number of alkyl halides is 2. The number of aryl methyl sites for hydroxylation is 1. The van der Waals surface area contributed by atoms with Crippen molar-refractivity contribution in [2.24, 2.45) is 34.5 Å². The summed E-state index contributed by atoms with van der Waals surface area (Å²) < 4.78 is 0. The Balaban J connectivity index is 0.000000287. The van der Waals surface area contributed by atoms with Crippen LogP contribution in [0.4, 0.5) is 0 Å². The van der Waals surface area contributed by atoms with E-state index in [9.17, 15) is 9.59 Å². The first-order chi connectivity index (χ1) is 19.7. The average Bonchev–Trinajstić information content (AvgIpc) is 3.31. The van der Waals surface area contributed by atoms with Gasteiger partial charge in [0.05, 0.1) is 0 Å². The predicted octanol–water partition coefficient (Wildman–Crippen LogP) is 9.75. The average molecular weight is 592 g/mol. The molecule has 3 fully saturated rings. The van der Waals surface area contributed by atoms with Gasteiger partial charge in [0.1, 0.15) is 5.78 Å². The number of allylic oxidation sites excluding steroid dienone is 1. The topological polar surface area (TPSA) is 34.1 Å². The fourth-order valence-corrected chi connectivity index (χ4v) is 9.17. The molecule has 0 saturated heterocycles. The summed E-state index contributed by atoms with van der Waals surface area (Å²) in [7, 11) is 0. The molecule has 218 valence electrons. The lowest BCUT2D eigenvalue weighted by atomic mass is 9.45. The van der Waals surface area contributed by atoms with E-state index in [2.05, 4.69) is 44.7 Å². The highest BCUT2D eigenvalue weighted by molar-refractivity contribution is 6.17. The number of hydrogen-bond donors (Lipinski definition) is 0. The maximum absolute atomic E-state index is 12.7. The van der Waals surface area contributed by atoms with Gasteiger partial charge in [0.2, 0.25) is 0 Å². The number of ketones is 2. The van der Waals surface area contributed by atoms with E-state index in [1.165, 1.54) is 17.6 Å². The predicted molar refractivity (Wildman–Crippen MR) is 171 cm³/mol. The number of carbonyl (C=O) groups is 2. The molecule has 2 aromatic rings. The first-order valence-electron chi connectivity index (χ1n) is 15.4. The number of halogens is 2. The lowest BCUT2D eigenvalue weighted by Gasteiger charge is -2.59. The Labute approximate surface area is 256 Å².